The average molecular weight is 446 g/mol. The zero-order valence-corrected chi connectivity index (χ0v) is 19.2. The highest BCUT2D eigenvalue weighted by molar-refractivity contribution is 5.94. The molecular weight excluding hydrogens is 418 g/mol. The van der Waals surface area contributed by atoms with E-state index in [4.69, 9.17) is 4.74 Å². The van der Waals surface area contributed by atoms with E-state index in [-0.39, 0.29) is 11.8 Å². The molecule has 4 aromatic rings. The number of carbonyl (C=O) groups is 1. The summed E-state index contributed by atoms with van der Waals surface area (Å²) >= 11 is 0. The van der Waals surface area contributed by atoms with Gasteiger partial charge in [0.1, 0.15) is 17.9 Å². The van der Waals surface area contributed by atoms with Crippen molar-refractivity contribution in [3.05, 3.63) is 60.2 Å². The van der Waals surface area contributed by atoms with Gasteiger partial charge in [0.05, 0.1) is 19.0 Å². The van der Waals surface area contributed by atoms with Crippen molar-refractivity contribution in [2.75, 3.05) is 26.0 Å². The third kappa shape index (κ3) is 4.62. The lowest BCUT2D eigenvalue weighted by atomic mass is 9.98. The quantitative estimate of drug-likeness (QED) is 0.427. The Morgan fingerprint density at radius 3 is 2.76 bits per heavy atom. The van der Waals surface area contributed by atoms with E-state index in [9.17, 15) is 4.79 Å². The van der Waals surface area contributed by atoms with E-state index in [1.165, 1.54) is 0 Å². The van der Waals surface area contributed by atoms with Crippen LogP contribution in [0.4, 0.5) is 5.82 Å². The number of nitrogens with zero attached hydrogens (tertiary/aromatic N) is 5. The van der Waals surface area contributed by atoms with Crippen molar-refractivity contribution in [1.29, 1.82) is 0 Å². The minimum atomic E-state index is -0.145. The van der Waals surface area contributed by atoms with Crippen LogP contribution < -0.4 is 15.4 Å². The molecule has 0 spiro atoms. The summed E-state index contributed by atoms with van der Waals surface area (Å²) in [4.78, 5) is 25.2. The minimum absolute atomic E-state index is 0.120. The largest absolute Gasteiger partial charge is 0.496 e. The zero-order chi connectivity index (χ0) is 23.4. The van der Waals surface area contributed by atoms with E-state index >= 15 is 0 Å². The number of fused-ring (bicyclic) bond motifs is 1. The van der Waals surface area contributed by atoms with E-state index in [2.05, 4.69) is 37.6 Å². The van der Waals surface area contributed by atoms with Gasteiger partial charge in [0.2, 0.25) is 0 Å². The normalized spacial score (nSPS) is 11.9. The number of aromatic nitrogens is 5. The molecule has 0 saturated heterocycles. The number of aryl methyl sites for hydroxylation is 1. The van der Waals surface area contributed by atoms with E-state index in [0.717, 1.165) is 40.2 Å². The molecule has 0 fully saturated rings. The third-order valence-corrected chi connectivity index (χ3v) is 5.58. The molecule has 2 N–H and O–H groups in total. The highest BCUT2D eigenvalue weighted by Crippen LogP contribution is 2.28. The van der Waals surface area contributed by atoms with Crippen LogP contribution in [0.5, 0.6) is 5.75 Å². The molecule has 0 saturated carbocycles. The Morgan fingerprint density at radius 2 is 2.00 bits per heavy atom. The molecule has 9 nitrogen and oxygen atoms in total. The van der Waals surface area contributed by atoms with Crippen molar-refractivity contribution in [1.82, 2.24) is 30.0 Å². The summed E-state index contributed by atoms with van der Waals surface area (Å²) in [5.74, 6) is 1.38. The molecule has 0 radical (unpaired) electrons. The predicted molar refractivity (Wildman–Crippen MR) is 128 cm³/mol. The summed E-state index contributed by atoms with van der Waals surface area (Å²) in [7, 11) is 3.22. The van der Waals surface area contributed by atoms with Crippen LogP contribution in [-0.2, 0) is 6.54 Å². The molecule has 0 aliphatic heterocycles. The molecule has 4 rings (SSSR count). The molecule has 170 valence electrons. The first-order valence-electron chi connectivity index (χ1n) is 10.8. The molecule has 1 aromatic carbocycles. The van der Waals surface area contributed by atoms with Gasteiger partial charge in [0, 0.05) is 54.8 Å². The first-order chi connectivity index (χ1) is 16.0. The van der Waals surface area contributed by atoms with Crippen LogP contribution >= 0.6 is 0 Å². The van der Waals surface area contributed by atoms with Crippen LogP contribution in [0, 0.1) is 0 Å². The number of hydrogen-bond acceptors (Lipinski definition) is 7. The monoisotopic (exact) mass is 445 g/mol. The fourth-order valence-corrected chi connectivity index (χ4v) is 3.73. The van der Waals surface area contributed by atoms with Gasteiger partial charge in [-0.05, 0) is 30.7 Å². The van der Waals surface area contributed by atoms with Crippen LogP contribution in [0.15, 0.2) is 49.1 Å². The number of amides is 1. The number of hydrogen-bond donors (Lipinski definition) is 2. The van der Waals surface area contributed by atoms with Gasteiger partial charge in [-0.25, -0.2) is 19.6 Å². The molecule has 3 heterocycles. The van der Waals surface area contributed by atoms with Crippen molar-refractivity contribution in [2.45, 2.75) is 26.3 Å². The summed E-state index contributed by atoms with van der Waals surface area (Å²) in [5.41, 5.74) is 4.12. The molecule has 1 unspecified atom stereocenters. The molecule has 0 aliphatic rings. The van der Waals surface area contributed by atoms with Gasteiger partial charge in [-0.15, -0.1) is 0 Å². The molecule has 0 aliphatic carbocycles. The van der Waals surface area contributed by atoms with Crippen LogP contribution in [0.25, 0.3) is 22.3 Å². The van der Waals surface area contributed by atoms with Gasteiger partial charge in [0.25, 0.3) is 5.91 Å². The maximum Gasteiger partial charge on any atom is 0.251 e. The van der Waals surface area contributed by atoms with Gasteiger partial charge < -0.3 is 15.4 Å². The molecule has 33 heavy (non-hydrogen) atoms. The number of methoxy groups -OCH3 is 1. The molecule has 9 heteroatoms. The Morgan fingerprint density at radius 1 is 1.15 bits per heavy atom. The third-order valence-electron chi connectivity index (χ3n) is 5.58. The van der Waals surface area contributed by atoms with Crippen molar-refractivity contribution in [2.24, 2.45) is 0 Å². The molecular formula is C24H27N7O2. The predicted octanol–water partition coefficient (Wildman–Crippen LogP) is 3.49. The second-order valence-corrected chi connectivity index (χ2v) is 7.70. The first-order valence-corrected chi connectivity index (χ1v) is 10.8. The highest BCUT2D eigenvalue weighted by Gasteiger charge is 2.15. The summed E-state index contributed by atoms with van der Waals surface area (Å²) in [5, 5.41) is 11.3. The Hall–Kier alpha value is -4.01. The maximum atomic E-state index is 11.9. The summed E-state index contributed by atoms with van der Waals surface area (Å²) < 4.78 is 7.39. The van der Waals surface area contributed by atoms with E-state index in [1.807, 2.05) is 42.2 Å². The second kappa shape index (κ2) is 9.64. The number of ether oxygens (including phenoxy) is 1. The number of carbonyl (C=O) groups excluding carboxylic acids is 1. The van der Waals surface area contributed by atoms with Gasteiger partial charge >= 0.3 is 0 Å². The fourth-order valence-electron chi connectivity index (χ4n) is 3.73. The molecule has 3 aromatic heterocycles. The minimum Gasteiger partial charge on any atom is -0.496 e. The molecule has 0 bridgehead atoms. The summed E-state index contributed by atoms with van der Waals surface area (Å²) in [6, 6.07) is 9.44. The average Bonchev–Trinajstić information content (AvgIpc) is 3.29. The number of anilines is 1. The Balaban J connectivity index is 1.49. The Bertz CT molecular complexity index is 1290. The van der Waals surface area contributed by atoms with Gasteiger partial charge in [-0.3, -0.25) is 4.79 Å². The van der Waals surface area contributed by atoms with Crippen LogP contribution in [0.2, 0.25) is 0 Å². The summed E-state index contributed by atoms with van der Waals surface area (Å²) in [6.45, 7) is 5.54. The number of rotatable bonds is 8. The first kappa shape index (κ1) is 22.2. The highest BCUT2D eigenvalue weighted by atomic mass is 16.5. The van der Waals surface area contributed by atoms with Crippen LogP contribution in [0.1, 0.15) is 35.7 Å². The van der Waals surface area contributed by atoms with E-state index < -0.39 is 0 Å². The topological polar surface area (TPSA) is 107 Å². The van der Waals surface area contributed by atoms with Gasteiger partial charge in [0.15, 0.2) is 5.65 Å². The fraction of sp³-hybridized carbons (Fsp3) is 0.292. The summed E-state index contributed by atoms with van der Waals surface area (Å²) in [6.07, 6.45) is 5.17. The Labute approximate surface area is 192 Å². The van der Waals surface area contributed by atoms with Crippen molar-refractivity contribution in [3.8, 4) is 17.0 Å². The van der Waals surface area contributed by atoms with Crippen LogP contribution in [0.3, 0.4) is 0 Å². The number of nitrogens with one attached hydrogen (secondary N) is 2. The second-order valence-electron chi connectivity index (χ2n) is 7.70. The smallest absolute Gasteiger partial charge is 0.251 e. The molecule has 1 atom stereocenters. The number of benzene rings is 1. The number of pyridine rings is 1. The van der Waals surface area contributed by atoms with E-state index in [1.54, 1.807) is 32.6 Å². The molecule has 1 amide bonds. The van der Waals surface area contributed by atoms with Crippen LogP contribution in [-0.4, -0.2) is 51.3 Å². The SMILES string of the molecule is CCn1ncc2cc(-c3cc(NCC(C)c4ccc(C(=O)NC)cc4OC)ncn3)cnc21. The lowest BCUT2D eigenvalue weighted by molar-refractivity contribution is 0.0962. The van der Waals surface area contributed by atoms with Crippen molar-refractivity contribution < 1.29 is 9.53 Å². The Kier molecular flexibility index (Phi) is 6.48. The maximum absolute atomic E-state index is 11.9. The zero-order valence-electron chi connectivity index (χ0n) is 19.2. The lowest BCUT2D eigenvalue weighted by Crippen LogP contribution is -2.18. The standard InChI is InChI=1S/C24H27N7O2/c1-5-31-23-18(13-30-31)8-17(12-27-23)20-10-22(29-14-28-20)26-11-15(2)19-7-6-16(24(32)25-3)9-21(19)33-4/h6-10,12-15H,5,11H2,1-4H3,(H,25,32)(H,26,28,29). The van der Waals surface area contributed by atoms with Gasteiger partial charge in [-0.2, -0.15) is 5.10 Å². The van der Waals surface area contributed by atoms with E-state index in [0.29, 0.717) is 17.9 Å². The van der Waals surface area contributed by atoms with Crippen molar-refractivity contribution >= 4 is 22.8 Å². The van der Waals surface area contributed by atoms with Crippen molar-refractivity contribution in [3.63, 3.8) is 0 Å². The lowest BCUT2D eigenvalue weighted by Gasteiger charge is -2.17. The van der Waals surface area contributed by atoms with Gasteiger partial charge in [-0.1, -0.05) is 13.0 Å².